The summed E-state index contributed by atoms with van der Waals surface area (Å²) >= 11 is 0. The van der Waals surface area contributed by atoms with Crippen molar-refractivity contribution in [3.63, 3.8) is 0 Å². The quantitative estimate of drug-likeness (QED) is 0.584. The highest BCUT2D eigenvalue weighted by molar-refractivity contribution is 7.82. The molecule has 4 rings (SSSR count). The van der Waals surface area contributed by atoms with E-state index in [0.29, 0.717) is 47.9 Å². The average molecular weight is 446 g/mol. The van der Waals surface area contributed by atoms with Crippen molar-refractivity contribution in [3.8, 4) is 0 Å². The van der Waals surface area contributed by atoms with E-state index in [-0.39, 0.29) is 5.91 Å². The molecule has 1 N–H and O–H groups in total. The predicted octanol–water partition coefficient (Wildman–Crippen LogP) is 3.87. The first kappa shape index (κ1) is 22.1. The van der Waals surface area contributed by atoms with Gasteiger partial charge in [-0.2, -0.15) is 0 Å². The Bertz CT molecular complexity index is 1080. The molecule has 0 bridgehead atoms. The van der Waals surface area contributed by atoms with Crippen LogP contribution in [0.15, 0.2) is 96.6 Å². The van der Waals surface area contributed by atoms with Crippen LogP contribution >= 0.6 is 7.14 Å². The van der Waals surface area contributed by atoms with E-state index in [1.165, 1.54) is 0 Å². The van der Waals surface area contributed by atoms with E-state index < -0.39 is 7.14 Å². The molecule has 3 aromatic carbocycles. The second kappa shape index (κ2) is 9.99. The van der Waals surface area contributed by atoms with Gasteiger partial charge in [-0.3, -0.25) is 4.79 Å². The summed E-state index contributed by atoms with van der Waals surface area (Å²) in [5.41, 5.74) is 2.00. The Morgan fingerprint density at radius 1 is 0.875 bits per heavy atom. The van der Waals surface area contributed by atoms with Crippen LogP contribution in [0.25, 0.3) is 0 Å². The third-order valence-corrected chi connectivity index (χ3v) is 8.44. The van der Waals surface area contributed by atoms with Gasteiger partial charge in [0.25, 0.3) is 5.91 Å². The van der Waals surface area contributed by atoms with Crippen LogP contribution in [0, 0.1) is 6.92 Å². The SMILES string of the molecule is Cc1ccc(C(=O)N/C(=C\N2CCOCC2)P(=O)(c2ccccc2)c2ccccc2)cc1. The van der Waals surface area contributed by atoms with E-state index in [1.54, 1.807) is 12.1 Å². The lowest BCUT2D eigenvalue weighted by molar-refractivity contribution is 0.0590. The summed E-state index contributed by atoms with van der Waals surface area (Å²) in [7, 11) is -3.34. The largest absolute Gasteiger partial charge is 0.378 e. The lowest BCUT2D eigenvalue weighted by atomic mass is 10.1. The first-order valence-electron chi connectivity index (χ1n) is 10.7. The van der Waals surface area contributed by atoms with Crippen LogP contribution in [0.4, 0.5) is 0 Å². The molecule has 0 saturated carbocycles. The minimum atomic E-state index is -3.34. The zero-order chi connectivity index (χ0) is 22.4. The maximum Gasteiger partial charge on any atom is 0.255 e. The van der Waals surface area contributed by atoms with Gasteiger partial charge in [-0.15, -0.1) is 0 Å². The molecule has 1 saturated heterocycles. The van der Waals surface area contributed by atoms with E-state index in [4.69, 9.17) is 4.74 Å². The molecule has 1 fully saturated rings. The first-order chi connectivity index (χ1) is 15.6. The van der Waals surface area contributed by atoms with E-state index in [1.807, 2.05) is 85.9 Å². The smallest absolute Gasteiger partial charge is 0.255 e. The summed E-state index contributed by atoms with van der Waals surface area (Å²) < 4.78 is 20.3. The van der Waals surface area contributed by atoms with Crippen LogP contribution < -0.4 is 15.9 Å². The van der Waals surface area contributed by atoms with Gasteiger partial charge < -0.3 is 19.5 Å². The number of aryl methyl sites for hydroxylation is 1. The average Bonchev–Trinajstić information content (AvgIpc) is 2.85. The molecule has 32 heavy (non-hydrogen) atoms. The standard InChI is InChI=1S/C26H27N2O3P/c1-21-12-14-22(15-13-21)26(29)27-25(20-28-16-18-31-19-17-28)32(30,23-8-4-2-5-9-23)24-10-6-3-7-11-24/h2-15,20H,16-19H2,1H3,(H,27,29)/b25-20+. The second-order valence-electron chi connectivity index (χ2n) is 7.76. The molecule has 164 valence electrons. The van der Waals surface area contributed by atoms with Gasteiger partial charge in [0.15, 0.2) is 7.14 Å². The van der Waals surface area contributed by atoms with Crippen molar-refractivity contribution in [2.75, 3.05) is 26.3 Å². The van der Waals surface area contributed by atoms with Gasteiger partial charge in [-0.05, 0) is 19.1 Å². The molecule has 0 spiro atoms. The van der Waals surface area contributed by atoms with E-state index >= 15 is 0 Å². The minimum Gasteiger partial charge on any atom is -0.378 e. The highest BCUT2D eigenvalue weighted by Gasteiger charge is 2.34. The van der Waals surface area contributed by atoms with E-state index in [9.17, 15) is 9.36 Å². The van der Waals surface area contributed by atoms with Crippen molar-refractivity contribution in [2.45, 2.75) is 6.92 Å². The van der Waals surface area contributed by atoms with Gasteiger partial charge >= 0.3 is 0 Å². The molecule has 1 heterocycles. The number of ether oxygens (including phenoxy) is 1. The fourth-order valence-corrected chi connectivity index (χ4v) is 6.29. The Kier molecular flexibility index (Phi) is 6.89. The minimum absolute atomic E-state index is 0.281. The van der Waals surface area contributed by atoms with Gasteiger partial charge in [0.1, 0.15) is 5.44 Å². The molecule has 3 aromatic rings. The lowest BCUT2D eigenvalue weighted by Gasteiger charge is -2.29. The molecule has 0 unspecified atom stereocenters. The molecule has 0 aliphatic carbocycles. The maximum atomic E-state index is 14.9. The van der Waals surface area contributed by atoms with Crippen LogP contribution in [0.3, 0.4) is 0 Å². The number of amides is 1. The summed E-state index contributed by atoms with van der Waals surface area (Å²) in [5, 5.41) is 4.37. The van der Waals surface area contributed by atoms with E-state index in [0.717, 1.165) is 5.56 Å². The number of nitrogens with zero attached hydrogens (tertiary/aromatic N) is 1. The third-order valence-electron chi connectivity index (χ3n) is 5.48. The fourth-order valence-electron chi connectivity index (χ4n) is 3.67. The van der Waals surface area contributed by atoms with Crippen molar-refractivity contribution >= 4 is 23.7 Å². The van der Waals surface area contributed by atoms with Crippen LogP contribution in [0.5, 0.6) is 0 Å². The molecule has 5 nitrogen and oxygen atoms in total. The van der Waals surface area contributed by atoms with Crippen molar-refractivity contribution in [3.05, 3.63) is 108 Å². The predicted molar refractivity (Wildman–Crippen MR) is 129 cm³/mol. The van der Waals surface area contributed by atoms with Crippen LogP contribution in [0.1, 0.15) is 15.9 Å². The Morgan fingerprint density at radius 2 is 1.41 bits per heavy atom. The first-order valence-corrected chi connectivity index (χ1v) is 12.4. The van der Waals surface area contributed by atoms with Gasteiger partial charge in [0.2, 0.25) is 0 Å². The maximum absolute atomic E-state index is 14.9. The van der Waals surface area contributed by atoms with Crippen LogP contribution in [0.2, 0.25) is 0 Å². The lowest BCUT2D eigenvalue weighted by Crippen LogP contribution is -2.35. The molecule has 1 amide bonds. The van der Waals surface area contributed by atoms with Crippen LogP contribution in [-0.4, -0.2) is 37.1 Å². The van der Waals surface area contributed by atoms with Crippen LogP contribution in [-0.2, 0) is 9.30 Å². The number of carbonyl (C=O) groups excluding carboxylic acids is 1. The van der Waals surface area contributed by atoms with Gasteiger partial charge in [-0.25, -0.2) is 0 Å². The second-order valence-corrected chi connectivity index (χ2v) is 10.5. The van der Waals surface area contributed by atoms with Gasteiger partial charge in [-0.1, -0.05) is 78.4 Å². The molecule has 1 aliphatic rings. The summed E-state index contributed by atoms with van der Waals surface area (Å²) in [6.07, 6.45) is 1.84. The summed E-state index contributed by atoms with van der Waals surface area (Å²) in [4.78, 5) is 15.3. The number of hydrogen-bond donors (Lipinski definition) is 1. The Hall–Kier alpha value is -3.14. The van der Waals surface area contributed by atoms with Crippen molar-refractivity contribution in [2.24, 2.45) is 0 Å². The normalized spacial score (nSPS) is 14.8. The highest BCUT2D eigenvalue weighted by atomic mass is 31.2. The zero-order valence-corrected chi connectivity index (χ0v) is 19.0. The fraction of sp³-hybridized carbons (Fsp3) is 0.192. The number of carbonyl (C=O) groups is 1. The van der Waals surface area contributed by atoms with Crippen molar-refractivity contribution in [1.82, 2.24) is 10.2 Å². The number of nitrogens with one attached hydrogen (secondary N) is 1. The number of hydrogen-bond acceptors (Lipinski definition) is 4. The topological polar surface area (TPSA) is 58.6 Å². The molecular formula is C26H27N2O3P. The molecule has 0 atom stereocenters. The number of morpholine rings is 1. The summed E-state index contributed by atoms with van der Waals surface area (Å²) in [5.74, 6) is -0.281. The number of benzene rings is 3. The molecule has 0 radical (unpaired) electrons. The molecular weight excluding hydrogens is 419 g/mol. The number of rotatable bonds is 6. The third kappa shape index (κ3) is 4.85. The Balaban J connectivity index is 1.82. The molecule has 0 aromatic heterocycles. The van der Waals surface area contributed by atoms with Crippen molar-refractivity contribution < 1.29 is 14.1 Å². The molecule has 1 aliphatic heterocycles. The van der Waals surface area contributed by atoms with E-state index in [2.05, 4.69) is 10.2 Å². The highest BCUT2D eigenvalue weighted by Crippen LogP contribution is 2.50. The summed E-state index contributed by atoms with van der Waals surface area (Å²) in [6, 6.07) is 26.1. The van der Waals surface area contributed by atoms with Gasteiger partial charge in [0, 0.05) is 35.5 Å². The Morgan fingerprint density at radius 3 is 1.94 bits per heavy atom. The Labute approximate surface area is 189 Å². The van der Waals surface area contributed by atoms with Gasteiger partial charge in [0.05, 0.1) is 13.2 Å². The molecule has 6 heteroatoms. The monoisotopic (exact) mass is 446 g/mol. The zero-order valence-electron chi connectivity index (χ0n) is 18.1. The summed E-state index contributed by atoms with van der Waals surface area (Å²) in [6.45, 7) is 4.51. The van der Waals surface area contributed by atoms with Crippen molar-refractivity contribution in [1.29, 1.82) is 0 Å².